The van der Waals surface area contributed by atoms with Crippen LogP contribution in [0.4, 0.5) is 0 Å². The molecule has 1 N–H and O–H groups in total. The van der Waals surface area contributed by atoms with E-state index in [1.165, 1.54) is 5.57 Å². The third kappa shape index (κ3) is 1.43. The highest BCUT2D eigenvalue weighted by Crippen LogP contribution is 2.50. The fraction of sp³-hybridized carbons (Fsp3) is 0.533. The monoisotopic (exact) mass is 246 g/mol. The van der Waals surface area contributed by atoms with Gasteiger partial charge in [0.25, 0.3) is 0 Å². The molecule has 0 spiro atoms. The molecule has 5 atom stereocenters. The normalized spacial score (nSPS) is 43.1. The van der Waals surface area contributed by atoms with Gasteiger partial charge in [0.05, 0.1) is 12.0 Å². The molecule has 0 aromatic heterocycles. The van der Waals surface area contributed by atoms with Crippen LogP contribution in [0, 0.1) is 17.8 Å². The minimum absolute atomic E-state index is 0.169. The van der Waals surface area contributed by atoms with Crippen molar-refractivity contribution < 1.29 is 14.6 Å². The largest absolute Gasteiger partial charge is 0.458 e. The number of aliphatic hydroxyl groups excluding tert-OH is 1. The Hall–Kier alpha value is -1.35. The highest BCUT2D eigenvalue weighted by molar-refractivity contribution is 5.91. The van der Waals surface area contributed by atoms with E-state index in [0.717, 1.165) is 12.0 Å². The van der Waals surface area contributed by atoms with Crippen LogP contribution in [0.3, 0.4) is 0 Å². The Labute approximate surface area is 107 Å². The number of allylic oxidation sites excluding steroid dienone is 1. The third-order valence-electron chi connectivity index (χ3n) is 4.68. The molecule has 0 bridgehead atoms. The smallest absolute Gasteiger partial charge is 0.334 e. The van der Waals surface area contributed by atoms with Crippen LogP contribution in [0.25, 0.3) is 0 Å². The van der Waals surface area contributed by atoms with Gasteiger partial charge in [-0.2, -0.15) is 0 Å². The van der Waals surface area contributed by atoms with Gasteiger partial charge in [0, 0.05) is 11.5 Å². The molecule has 0 amide bonds. The van der Waals surface area contributed by atoms with Crippen LogP contribution >= 0.6 is 0 Å². The summed E-state index contributed by atoms with van der Waals surface area (Å²) in [5, 5.41) is 10.3. The van der Waals surface area contributed by atoms with Gasteiger partial charge in [-0.1, -0.05) is 30.4 Å². The molecule has 3 aliphatic rings. The lowest BCUT2D eigenvalue weighted by molar-refractivity contribution is -0.141. The predicted molar refractivity (Wildman–Crippen MR) is 67.6 cm³/mol. The van der Waals surface area contributed by atoms with Crippen molar-refractivity contribution in [1.29, 1.82) is 0 Å². The molecule has 3 heteroatoms. The van der Waals surface area contributed by atoms with Crippen LogP contribution in [0.15, 0.2) is 36.0 Å². The Balaban J connectivity index is 2.05. The highest BCUT2D eigenvalue weighted by atomic mass is 16.6. The minimum atomic E-state index is -0.597. The average molecular weight is 246 g/mol. The van der Waals surface area contributed by atoms with E-state index in [4.69, 9.17) is 4.74 Å². The molecule has 96 valence electrons. The molecule has 3 rings (SSSR count). The quantitative estimate of drug-likeness (QED) is 0.404. The van der Waals surface area contributed by atoms with Gasteiger partial charge in [0.1, 0.15) is 6.10 Å². The molecule has 1 heterocycles. The second kappa shape index (κ2) is 3.82. The van der Waals surface area contributed by atoms with Crippen molar-refractivity contribution in [2.45, 2.75) is 32.0 Å². The lowest BCUT2D eigenvalue weighted by Crippen LogP contribution is -2.33. The van der Waals surface area contributed by atoms with E-state index in [2.05, 4.69) is 26.2 Å². The fourth-order valence-corrected chi connectivity index (χ4v) is 3.72. The molecule has 3 nitrogen and oxygen atoms in total. The van der Waals surface area contributed by atoms with E-state index in [1.54, 1.807) is 0 Å². The van der Waals surface area contributed by atoms with Gasteiger partial charge in [-0.3, -0.25) is 0 Å². The van der Waals surface area contributed by atoms with E-state index in [9.17, 15) is 9.90 Å². The van der Waals surface area contributed by atoms with E-state index < -0.39 is 6.10 Å². The second-order valence-corrected chi connectivity index (χ2v) is 5.67. The van der Waals surface area contributed by atoms with Crippen molar-refractivity contribution >= 4 is 5.97 Å². The molecule has 1 aliphatic heterocycles. The van der Waals surface area contributed by atoms with Gasteiger partial charge in [0.15, 0.2) is 0 Å². The van der Waals surface area contributed by atoms with Crippen molar-refractivity contribution in [3.05, 3.63) is 36.0 Å². The molecule has 0 aromatic rings. The molecule has 2 fully saturated rings. The van der Waals surface area contributed by atoms with Crippen LogP contribution < -0.4 is 0 Å². The Morgan fingerprint density at radius 2 is 2.11 bits per heavy atom. The standard InChI is InChI=1S/C15H18O3/c1-7-4-5-10-8(2)6-11(16)13-9(3)15(17)18-14(13)12(7)10/h4,10-14,16H,2-3,5-6H2,1H3/t10-,11-,12+,13-,14-/m1/s1. The molecular formula is C15H18O3. The van der Waals surface area contributed by atoms with Crippen molar-refractivity contribution in [1.82, 2.24) is 0 Å². The first-order chi connectivity index (χ1) is 8.50. The summed E-state index contributed by atoms with van der Waals surface area (Å²) in [7, 11) is 0. The van der Waals surface area contributed by atoms with Gasteiger partial charge in [-0.15, -0.1) is 0 Å². The third-order valence-corrected chi connectivity index (χ3v) is 4.68. The molecule has 18 heavy (non-hydrogen) atoms. The number of rotatable bonds is 0. The maximum Gasteiger partial charge on any atom is 0.334 e. The van der Waals surface area contributed by atoms with Crippen LogP contribution in [-0.4, -0.2) is 23.3 Å². The van der Waals surface area contributed by atoms with Gasteiger partial charge in [-0.05, 0) is 25.7 Å². The first-order valence-electron chi connectivity index (χ1n) is 6.43. The van der Waals surface area contributed by atoms with Gasteiger partial charge >= 0.3 is 5.97 Å². The van der Waals surface area contributed by atoms with E-state index in [1.807, 2.05) is 0 Å². The van der Waals surface area contributed by atoms with E-state index in [0.29, 0.717) is 17.9 Å². The molecule has 2 aliphatic carbocycles. The van der Waals surface area contributed by atoms with Gasteiger partial charge < -0.3 is 9.84 Å². The number of carbonyl (C=O) groups is 1. The Morgan fingerprint density at radius 1 is 1.39 bits per heavy atom. The zero-order valence-electron chi connectivity index (χ0n) is 10.6. The van der Waals surface area contributed by atoms with Crippen molar-refractivity contribution in [2.24, 2.45) is 17.8 Å². The van der Waals surface area contributed by atoms with E-state index >= 15 is 0 Å². The first kappa shape index (κ1) is 11.7. The number of carbonyl (C=O) groups excluding carboxylic acids is 1. The first-order valence-corrected chi connectivity index (χ1v) is 6.43. The van der Waals surface area contributed by atoms with Gasteiger partial charge in [0.2, 0.25) is 0 Å². The number of ether oxygens (including phenoxy) is 1. The summed E-state index contributed by atoms with van der Waals surface area (Å²) in [6, 6.07) is 0. The zero-order chi connectivity index (χ0) is 13.0. The van der Waals surface area contributed by atoms with E-state index in [-0.39, 0.29) is 23.9 Å². The summed E-state index contributed by atoms with van der Waals surface area (Å²) in [6.45, 7) is 9.97. The molecule has 0 aromatic carbocycles. The van der Waals surface area contributed by atoms with Gasteiger partial charge in [-0.25, -0.2) is 4.79 Å². The number of hydrogen-bond donors (Lipinski definition) is 1. The Morgan fingerprint density at radius 3 is 2.83 bits per heavy atom. The fourth-order valence-electron chi connectivity index (χ4n) is 3.72. The number of hydrogen-bond acceptors (Lipinski definition) is 3. The second-order valence-electron chi connectivity index (χ2n) is 5.67. The van der Waals surface area contributed by atoms with Crippen LogP contribution in [0.5, 0.6) is 0 Å². The van der Waals surface area contributed by atoms with Crippen LogP contribution in [0.1, 0.15) is 19.8 Å². The maximum atomic E-state index is 11.7. The highest BCUT2D eigenvalue weighted by Gasteiger charge is 2.52. The van der Waals surface area contributed by atoms with Crippen molar-refractivity contribution in [2.75, 3.05) is 0 Å². The molecular weight excluding hydrogens is 228 g/mol. The summed E-state index contributed by atoms with van der Waals surface area (Å²) < 4.78 is 5.48. The minimum Gasteiger partial charge on any atom is -0.458 e. The lowest BCUT2D eigenvalue weighted by Gasteiger charge is -2.27. The number of esters is 1. The Kier molecular flexibility index (Phi) is 2.49. The topological polar surface area (TPSA) is 46.5 Å². The summed E-state index contributed by atoms with van der Waals surface area (Å²) in [5.41, 5.74) is 2.73. The summed E-state index contributed by atoms with van der Waals surface area (Å²) in [4.78, 5) is 11.7. The van der Waals surface area contributed by atoms with Crippen LogP contribution in [-0.2, 0) is 9.53 Å². The molecule has 1 saturated carbocycles. The molecule has 0 unspecified atom stereocenters. The molecule has 1 saturated heterocycles. The number of aliphatic hydroxyl groups is 1. The average Bonchev–Trinajstić information content (AvgIpc) is 2.77. The van der Waals surface area contributed by atoms with Crippen LogP contribution in [0.2, 0.25) is 0 Å². The summed E-state index contributed by atoms with van der Waals surface area (Å²) >= 11 is 0. The van der Waals surface area contributed by atoms with Crippen molar-refractivity contribution in [3.63, 3.8) is 0 Å². The molecule has 0 radical (unpaired) electrons. The lowest BCUT2D eigenvalue weighted by atomic mass is 9.80. The maximum absolute atomic E-state index is 11.7. The SMILES string of the molecule is C=C1C(=O)O[C@@H]2[C@H]3C(C)=CC[C@@H]3C(=C)C[C@@H](O)[C@@H]12. The number of fused-ring (bicyclic) bond motifs is 3. The van der Waals surface area contributed by atoms with Crippen molar-refractivity contribution in [3.8, 4) is 0 Å². The predicted octanol–water partition coefficient (Wildman–Crippen LogP) is 1.99. The zero-order valence-corrected chi connectivity index (χ0v) is 10.6. The summed E-state index contributed by atoms with van der Waals surface area (Å²) in [5.74, 6) is -0.156. The summed E-state index contributed by atoms with van der Waals surface area (Å²) in [6.07, 6.45) is 2.82. The Bertz CT molecular complexity index is 474.